The standard InChI is InChI=1S/C17H18N4O3S/c1-11(16-19-14-8-3-4-9-15(14)20-16)18-17(22)12-6-5-7-13(10-12)21-25(2,23)24/h3-11,21H,1-2H3,(H,18,22)(H,19,20). The van der Waals surface area contributed by atoms with Crippen molar-refractivity contribution >= 4 is 32.7 Å². The van der Waals surface area contributed by atoms with Gasteiger partial charge in [-0.15, -0.1) is 0 Å². The van der Waals surface area contributed by atoms with E-state index >= 15 is 0 Å². The van der Waals surface area contributed by atoms with Crippen LogP contribution in [0.3, 0.4) is 0 Å². The highest BCUT2D eigenvalue weighted by Gasteiger charge is 2.15. The highest BCUT2D eigenvalue weighted by Crippen LogP contribution is 2.17. The number of para-hydroxylation sites is 2. The van der Waals surface area contributed by atoms with Crippen LogP contribution in [0.25, 0.3) is 11.0 Å². The number of hydrogen-bond acceptors (Lipinski definition) is 4. The number of H-pyrrole nitrogens is 1. The molecule has 0 saturated heterocycles. The quantitative estimate of drug-likeness (QED) is 0.651. The van der Waals surface area contributed by atoms with Crippen LogP contribution in [0.5, 0.6) is 0 Å². The van der Waals surface area contributed by atoms with Crippen LogP contribution in [0.2, 0.25) is 0 Å². The largest absolute Gasteiger partial charge is 0.342 e. The Morgan fingerprint density at radius 1 is 1.16 bits per heavy atom. The predicted molar refractivity (Wildman–Crippen MR) is 96.9 cm³/mol. The molecule has 3 N–H and O–H groups in total. The van der Waals surface area contributed by atoms with E-state index in [2.05, 4.69) is 20.0 Å². The Balaban J connectivity index is 1.76. The Morgan fingerprint density at radius 3 is 2.64 bits per heavy atom. The molecule has 8 heteroatoms. The Hall–Kier alpha value is -2.87. The number of hydrogen-bond donors (Lipinski definition) is 3. The molecule has 25 heavy (non-hydrogen) atoms. The van der Waals surface area contributed by atoms with Gasteiger partial charge in [-0.25, -0.2) is 13.4 Å². The highest BCUT2D eigenvalue weighted by molar-refractivity contribution is 7.92. The Morgan fingerprint density at radius 2 is 1.92 bits per heavy atom. The summed E-state index contributed by atoms with van der Waals surface area (Å²) >= 11 is 0. The van der Waals surface area contributed by atoms with Crippen LogP contribution >= 0.6 is 0 Å². The fourth-order valence-corrected chi connectivity index (χ4v) is 3.02. The summed E-state index contributed by atoms with van der Waals surface area (Å²) in [5.74, 6) is 0.338. The molecule has 0 fully saturated rings. The number of imidazole rings is 1. The maximum Gasteiger partial charge on any atom is 0.251 e. The second kappa shape index (κ2) is 6.56. The first kappa shape index (κ1) is 17.0. The van der Waals surface area contributed by atoms with E-state index < -0.39 is 10.0 Å². The first-order chi connectivity index (χ1) is 11.8. The van der Waals surface area contributed by atoms with Crippen molar-refractivity contribution in [2.45, 2.75) is 13.0 Å². The molecule has 0 bridgehead atoms. The number of carbonyl (C=O) groups excluding carboxylic acids is 1. The number of aromatic nitrogens is 2. The van der Waals surface area contributed by atoms with Crippen molar-refractivity contribution in [1.29, 1.82) is 0 Å². The molecule has 0 radical (unpaired) electrons. The summed E-state index contributed by atoms with van der Waals surface area (Å²) < 4.78 is 25.0. The molecule has 1 unspecified atom stereocenters. The summed E-state index contributed by atoms with van der Waals surface area (Å²) in [4.78, 5) is 20.1. The van der Waals surface area contributed by atoms with E-state index in [1.54, 1.807) is 18.2 Å². The van der Waals surface area contributed by atoms with Gasteiger partial charge in [0.05, 0.1) is 23.3 Å². The van der Waals surface area contributed by atoms with E-state index in [0.717, 1.165) is 17.3 Å². The van der Waals surface area contributed by atoms with Crippen molar-refractivity contribution in [2.75, 3.05) is 11.0 Å². The number of anilines is 1. The van der Waals surface area contributed by atoms with E-state index in [9.17, 15) is 13.2 Å². The third-order valence-corrected chi connectivity index (χ3v) is 4.20. The van der Waals surface area contributed by atoms with Crippen LogP contribution < -0.4 is 10.0 Å². The maximum atomic E-state index is 12.4. The minimum atomic E-state index is -3.40. The van der Waals surface area contributed by atoms with Crippen LogP contribution in [0.1, 0.15) is 29.1 Å². The van der Waals surface area contributed by atoms with Gasteiger partial charge in [-0.2, -0.15) is 0 Å². The minimum Gasteiger partial charge on any atom is -0.342 e. The number of nitrogens with one attached hydrogen (secondary N) is 3. The molecule has 7 nitrogen and oxygen atoms in total. The number of benzene rings is 2. The maximum absolute atomic E-state index is 12.4. The van der Waals surface area contributed by atoms with E-state index in [4.69, 9.17) is 0 Å². The summed E-state index contributed by atoms with van der Waals surface area (Å²) in [5, 5.41) is 2.85. The average molecular weight is 358 g/mol. The third-order valence-electron chi connectivity index (χ3n) is 3.59. The Kier molecular flexibility index (Phi) is 4.45. The topological polar surface area (TPSA) is 104 Å². The van der Waals surface area contributed by atoms with E-state index in [1.807, 2.05) is 31.2 Å². The summed E-state index contributed by atoms with van der Waals surface area (Å²) in [6.07, 6.45) is 1.06. The van der Waals surface area contributed by atoms with Gasteiger partial charge < -0.3 is 10.3 Å². The molecule has 2 aromatic carbocycles. The van der Waals surface area contributed by atoms with Gasteiger partial charge in [0.25, 0.3) is 5.91 Å². The molecule has 130 valence electrons. The number of amides is 1. The van der Waals surface area contributed by atoms with Crippen LogP contribution in [0.15, 0.2) is 48.5 Å². The van der Waals surface area contributed by atoms with Gasteiger partial charge in [0.2, 0.25) is 10.0 Å². The second-order valence-electron chi connectivity index (χ2n) is 5.79. The predicted octanol–water partition coefficient (Wildman–Crippen LogP) is 2.43. The monoisotopic (exact) mass is 358 g/mol. The lowest BCUT2D eigenvalue weighted by atomic mass is 10.2. The number of fused-ring (bicyclic) bond motifs is 1. The van der Waals surface area contributed by atoms with Crippen LogP contribution in [-0.4, -0.2) is 30.5 Å². The summed E-state index contributed by atoms with van der Waals surface area (Å²) in [6.45, 7) is 1.83. The molecule has 1 aromatic heterocycles. The zero-order valence-electron chi connectivity index (χ0n) is 13.8. The smallest absolute Gasteiger partial charge is 0.251 e. The van der Waals surface area contributed by atoms with Crippen LogP contribution in [0.4, 0.5) is 5.69 Å². The average Bonchev–Trinajstić information content (AvgIpc) is 2.97. The van der Waals surface area contributed by atoms with Gasteiger partial charge in [0.1, 0.15) is 5.82 Å². The number of aromatic amines is 1. The fraction of sp³-hybridized carbons (Fsp3) is 0.176. The van der Waals surface area contributed by atoms with Crippen molar-refractivity contribution in [1.82, 2.24) is 15.3 Å². The molecule has 0 aliphatic heterocycles. The Bertz CT molecular complexity index is 994. The molecule has 1 amide bonds. The van der Waals surface area contributed by atoms with E-state index in [1.165, 1.54) is 6.07 Å². The highest BCUT2D eigenvalue weighted by atomic mass is 32.2. The fourth-order valence-electron chi connectivity index (χ4n) is 2.46. The summed E-state index contributed by atoms with van der Waals surface area (Å²) in [5.41, 5.74) is 2.43. The van der Waals surface area contributed by atoms with Gasteiger partial charge in [0, 0.05) is 11.3 Å². The molecule has 0 aliphatic carbocycles. The lowest BCUT2D eigenvalue weighted by Gasteiger charge is -2.12. The SMILES string of the molecule is CC(NC(=O)c1cccc(NS(C)(=O)=O)c1)c1nc2ccccc2[nH]1. The molecule has 1 heterocycles. The third kappa shape index (κ3) is 4.16. The summed E-state index contributed by atoms with van der Waals surface area (Å²) in [6, 6.07) is 13.6. The number of sulfonamides is 1. The van der Waals surface area contributed by atoms with Gasteiger partial charge in [0.15, 0.2) is 0 Å². The van der Waals surface area contributed by atoms with Crippen molar-refractivity contribution in [3.05, 3.63) is 59.9 Å². The first-order valence-corrected chi connectivity index (χ1v) is 9.54. The number of carbonyl (C=O) groups is 1. The molecule has 1 atom stereocenters. The molecule has 0 spiro atoms. The van der Waals surface area contributed by atoms with Gasteiger partial charge >= 0.3 is 0 Å². The van der Waals surface area contributed by atoms with Crippen LogP contribution in [-0.2, 0) is 10.0 Å². The zero-order valence-corrected chi connectivity index (χ0v) is 14.6. The molecular weight excluding hydrogens is 340 g/mol. The minimum absolute atomic E-state index is 0.315. The Labute approximate surface area is 145 Å². The van der Waals surface area contributed by atoms with E-state index in [0.29, 0.717) is 17.1 Å². The number of nitrogens with zero attached hydrogens (tertiary/aromatic N) is 1. The molecule has 0 saturated carbocycles. The van der Waals surface area contributed by atoms with Crippen LogP contribution in [0, 0.1) is 0 Å². The zero-order chi connectivity index (χ0) is 18.0. The lowest BCUT2D eigenvalue weighted by Crippen LogP contribution is -2.27. The van der Waals surface area contributed by atoms with Gasteiger partial charge in [-0.1, -0.05) is 18.2 Å². The first-order valence-electron chi connectivity index (χ1n) is 7.65. The molecular formula is C17H18N4O3S. The summed E-state index contributed by atoms with van der Waals surface area (Å²) in [7, 11) is -3.40. The molecule has 3 aromatic rings. The van der Waals surface area contributed by atoms with Crippen molar-refractivity contribution in [3.8, 4) is 0 Å². The van der Waals surface area contributed by atoms with Crippen molar-refractivity contribution in [2.24, 2.45) is 0 Å². The normalized spacial score (nSPS) is 12.7. The van der Waals surface area contributed by atoms with Gasteiger partial charge in [-0.3, -0.25) is 9.52 Å². The molecule has 3 rings (SSSR count). The number of rotatable bonds is 5. The second-order valence-corrected chi connectivity index (χ2v) is 7.54. The molecule has 0 aliphatic rings. The van der Waals surface area contributed by atoms with E-state index in [-0.39, 0.29) is 11.9 Å². The van der Waals surface area contributed by atoms with Crippen molar-refractivity contribution < 1.29 is 13.2 Å². The lowest BCUT2D eigenvalue weighted by molar-refractivity contribution is 0.0938. The van der Waals surface area contributed by atoms with Crippen molar-refractivity contribution in [3.63, 3.8) is 0 Å². The van der Waals surface area contributed by atoms with Gasteiger partial charge in [-0.05, 0) is 37.3 Å².